The number of hydrogen-bond acceptors (Lipinski definition) is 4. The van der Waals surface area contributed by atoms with Crippen molar-refractivity contribution in [1.82, 2.24) is 4.98 Å². The molecule has 1 atom stereocenters. The lowest BCUT2D eigenvalue weighted by Gasteiger charge is -2.17. The van der Waals surface area contributed by atoms with Gasteiger partial charge in [0.05, 0.1) is 5.69 Å². The minimum absolute atomic E-state index is 0.225. The highest BCUT2D eigenvalue weighted by molar-refractivity contribution is 7.15. The summed E-state index contributed by atoms with van der Waals surface area (Å²) in [6, 6.07) is 0. The first-order valence-electron chi connectivity index (χ1n) is 5.28. The van der Waals surface area contributed by atoms with E-state index in [-0.39, 0.29) is 5.13 Å². The number of aromatic nitrogens is 1. The van der Waals surface area contributed by atoms with Crippen molar-refractivity contribution < 1.29 is 23.1 Å². The van der Waals surface area contributed by atoms with E-state index in [1.807, 2.05) is 0 Å². The maximum absolute atomic E-state index is 12.2. The molecule has 1 heterocycles. The minimum atomic E-state index is -4.29. The second-order valence-corrected chi connectivity index (χ2v) is 5.27. The van der Waals surface area contributed by atoms with Crippen LogP contribution in [0.1, 0.15) is 22.9 Å². The Kier molecular flexibility index (Phi) is 3.22. The van der Waals surface area contributed by atoms with Gasteiger partial charge in [0, 0.05) is 11.9 Å². The van der Waals surface area contributed by atoms with Crippen LogP contribution in [-0.2, 0) is 11.2 Å². The number of alkyl halides is 3. The number of hydrogen-bond donors (Lipinski definition) is 1. The lowest BCUT2D eigenvalue weighted by atomic mass is 10.1. The summed E-state index contributed by atoms with van der Waals surface area (Å²) in [6.07, 6.45) is -3.24. The summed E-state index contributed by atoms with van der Waals surface area (Å²) in [4.78, 5) is 16.8. The van der Waals surface area contributed by atoms with Gasteiger partial charge in [-0.15, -0.1) is 11.3 Å². The van der Waals surface area contributed by atoms with E-state index in [1.54, 1.807) is 0 Å². The molecule has 1 aromatic heterocycles. The molecule has 100 valence electrons. The normalized spacial score (nSPS) is 18.8. The summed E-state index contributed by atoms with van der Waals surface area (Å²) in [5, 5.41) is 9.19. The second-order valence-electron chi connectivity index (χ2n) is 4.21. The van der Waals surface area contributed by atoms with Crippen molar-refractivity contribution in [2.24, 2.45) is 0 Å². The maximum atomic E-state index is 12.2. The number of halogens is 3. The van der Waals surface area contributed by atoms with Crippen LogP contribution in [0.3, 0.4) is 0 Å². The molecule has 0 saturated heterocycles. The molecule has 1 N–H and O–H groups in total. The van der Waals surface area contributed by atoms with E-state index < -0.39 is 24.6 Å². The molecule has 1 unspecified atom stereocenters. The van der Waals surface area contributed by atoms with Gasteiger partial charge in [0.15, 0.2) is 5.13 Å². The van der Waals surface area contributed by atoms with Crippen molar-refractivity contribution in [3.8, 4) is 0 Å². The van der Waals surface area contributed by atoms with E-state index in [1.165, 1.54) is 7.05 Å². The molecule has 0 aliphatic heterocycles. The SMILES string of the molecule is CN(CC(F)(F)F)c1nc2c(s1)CCC2C(=O)O. The number of thiazole rings is 1. The zero-order valence-corrected chi connectivity index (χ0v) is 10.3. The third kappa shape index (κ3) is 2.58. The van der Waals surface area contributed by atoms with Crippen LogP contribution in [-0.4, -0.2) is 35.8 Å². The van der Waals surface area contributed by atoms with Gasteiger partial charge in [0.2, 0.25) is 0 Å². The Hall–Kier alpha value is -1.31. The third-order valence-corrected chi connectivity index (χ3v) is 3.99. The van der Waals surface area contributed by atoms with Crippen LogP contribution < -0.4 is 4.90 Å². The predicted molar refractivity (Wildman–Crippen MR) is 60.1 cm³/mol. The molecule has 0 fully saturated rings. The number of aryl methyl sites for hydroxylation is 1. The van der Waals surface area contributed by atoms with Gasteiger partial charge >= 0.3 is 12.1 Å². The van der Waals surface area contributed by atoms with Crippen LogP contribution in [0.15, 0.2) is 0 Å². The Bertz CT molecular complexity index is 472. The summed E-state index contributed by atoms with van der Waals surface area (Å²) in [5.41, 5.74) is 0.427. The molecule has 1 aliphatic carbocycles. The Morgan fingerprint density at radius 3 is 2.83 bits per heavy atom. The first-order valence-corrected chi connectivity index (χ1v) is 6.10. The number of carbonyl (C=O) groups is 1. The van der Waals surface area contributed by atoms with Crippen LogP contribution in [0.25, 0.3) is 0 Å². The first kappa shape index (κ1) is 13.1. The molecule has 0 aromatic carbocycles. The highest BCUT2D eigenvalue weighted by Crippen LogP contribution is 2.39. The number of anilines is 1. The van der Waals surface area contributed by atoms with Gasteiger partial charge in [-0.2, -0.15) is 13.2 Å². The zero-order valence-electron chi connectivity index (χ0n) is 9.49. The molecule has 0 spiro atoms. The molecule has 0 amide bonds. The number of carboxylic acid groups (broad SMARTS) is 1. The van der Waals surface area contributed by atoms with Gasteiger partial charge in [0.1, 0.15) is 12.5 Å². The third-order valence-electron chi connectivity index (χ3n) is 2.75. The average molecular weight is 280 g/mol. The Morgan fingerprint density at radius 1 is 1.61 bits per heavy atom. The molecule has 4 nitrogen and oxygen atoms in total. The van der Waals surface area contributed by atoms with E-state index in [2.05, 4.69) is 4.98 Å². The van der Waals surface area contributed by atoms with Crippen LogP contribution in [0.4, 0.5) is 18.3 Å². The molecule has 0 bridgehead atoms. The summed E-state index contributed by atoms with van der Waals surface area (Å²) in [5.74, 6) is -1.65. The second kappa shape index (κ2) is 4.42. The molecular formula is C10H11F3N2O2S. The summed E-state index contributed by atoms with van der Waals surface area (Å²) in [6.45, 7) is -1.09. The average Bonchev–Trinajstić information content (AvgIpc) is 2.70. The van der Waals surface area contributed by atoms with Crippen molar-refractivity contribution in [3.05, 3.63) is 10.6 Å². The van der Waals surface area contributed by atoms with Gasteiger partial charge in [-0.3, -0.25) is 4.79 Å². The molecule has 1 aromatic rings. The van der Waals surface area contributed by atoms with Crippen LogP contribution >= 0.6 is 11.3 Å². The van der Waals surface area contributed by atoms with Gasteiger partial charge < -0.3 is 10.0 Å². The number of nitrogens with zero attached hydrogens (tertiary/aromatic N) is 2. The molecule has 0 saturated carbocycles. The number of aliphatic carboxylic acids is 1. The summed E-state index contributed by atoms with van der Waals surface area (Å²) < 4.78 is 36.7. The van der Waals surface area contributed by atoms with Gasteiger partial charge in [-0.1, -0.05) is 0 Å². The summed E-state index contributed by atoms with van der Waals surface area (Å²) in [7, 11) is 1.30. The van der Waals surface area contributed by atoms with Crippen molar-refractivity contribution in [3.63, 3.8) is 0 Å². The molecule has 0 radical (unpaired) electrons. The van der Waals surface area contributed by atoms with Gasteiger partial charge in [-0.05, 0) is 12.8 Å². The Morgan fingerprint density at radius 2 is 2.28 bits per heavy atom. The fraction of sp³-hybridized carbons (Fsp3) is 0.600. The van der Waals surface area contributed by atoms with Crippen molar-refractivity contribution >= 4 is 22.4 Å². The fourth-order valence-electron chi connectivity index (χ4n) is 1.95. The molecule has 18 heavy (non-hydrogen) atoms. The highest BCUT2D eigenvalue weighted by Gasteiger charge is 2.35. The number of carboxylic acids is 1. The minimum Gasteiger partial charge on any atom is -0.481 e. The van der Waals surface area contributed by atoms with E-state index in [0.717, 1.165) is 21.1 Å². The van der Waals surface area contributed by atoms with Crippen LogP contribution in [0.2, 0.25) is 0 Å². The largest absolute Gasteiger partial charge is 0.481 e. The monoisotopic (exact) mass is 280 g/mol. The number of rotatable bonds is 3. The molecular weight excluding hydrogens is 269 g/mol. The molecule has 1 aliphatic rings. The lowest BCUT2D eigenvalue weighted by Crippen LogP contribution is -2.30. The van der Waals surface area contributed by atoms with E-state index >= 15 is 0 Å². The number of fused-ring (bicyclic) bond motifs is 1. The van der Waals surface area contributed by atoms with Crippen LogP contribution in [0, 0.1) is 0 Å². The van der Waals surface area contributed by atoms with Crippen molar-refractivity contribution in [2.45, 2.75) is 24.9 Å². The molecule has 2 rings (SSSR count). The van der Waals surface area contributed by atoms with Gasteiger partial charge in [-0.25, -0.2) is 4.98 Å². The topological polar surface area (TPSA) is 53.4 Å². The quantitative estimate of drug-likeness (QED) is 0.922. The molecule has 8 heteroatoms. The summed E-state index contributed by atoms with van der Waals surface area (Å²) >= 11 is 1.14. The van der Waals surface area contributed by atoms with E-state index in [0.29, 0.717) is 18.5 Å². The Labute approximate surface area is 105 Å². The van der Waals surface area contributed by atoms with Crippen molar-refractivity contribution in [2.75, 3.05) is 18.5 Å². The predicted octanol–water partition coefficient (Wildman–Crippen LogP) is 2.26. The van der Waals surface area contributed by atoms with E-state index in [9.17, 15) is 18.0 Å². The lowest BCUT2D eigenvalue weighted by molar-refractivity contribution is -0.138. The fourth-order valence-corrected chi connectivity index (χ4v) is 3.05. The van der Waals surface area contributed by atoms with Crippen LogP contribution in [0.5, 0.6) is 0 Å². The smallest absolute Gasteiger partial charge is 0.405 e. The zero-order chi connectivity index (χ0) is 13.5. The van der Waals surface area contributed by atoms with Crippen molar-refractivity contribution in [1.29, 1.82) is 0 Å². The van der Waals surface area contributed by atoms with E-state index in [4.69, 9.17) is 5.11 Å². The first-order chi connectivity index (χ1) is 8.28. The Balaban J connectivity index is 2.18. The standard InChI is InChI=1S/C10H11F3N2O2S/c1-15(4-10(11,12)13)9-14-7-5(8(16)17)2-3-6(7)18-9/h5H,2-4H2,1H3,(H,16,17). The van der Waals surface area contributed by atoms with Gasteiger partial charge in [0.25, 0.3) is 0 Å². The highest BCUT2D eigenvalue weighted by atomic mass is 32.1. The maximum Gasteiger partial charge on any atom is 0.405 e.